The Labute approximate surface area is 204 Å². The van der Waals surface area contributed by atoms with E-state index in [2.05, 4.69) is 5.16 Å². The van der Waals surface area contributed by atoms with Crippen molar-refractivity contribution in [2.75, 3.05) is 18.1 Å². The average Bonchev–Trinajstić information content (AvgIpc) is 3.58. The summed E-state index contributed by atoms with van der Waals surface area (Å²) in [6, 6.07) is 7.49. The minimum Gasteiger partial charge on any atom is -0.494 e. The van der Waals surface area contributed by atoms with Gasteiger partial charge in [-0.1, -0.05) is 11.2 Å². The van der Waals surface area contributed by atoms with Gasteiger partial charge in [0.15, 0.2) is 5.82 Å². The van der Waals surface area contributed by atoms with Gasteiger partial charge in [0.1, 0.15) is 5.75 Å². The Hall–Kier alpha value is -2.51. The van der Waals surface area contributed by atoms with Gasteiger partial charge in [0.05, 0.1) is 6.61 Å². The highest BCUT2D eigenvalue weighted by Crippen LogP contribution is 2.58. The number of benzene rings is 1. The molecule has 2 aromatic rings. The van der Waals surface area contributed by atoms with Crippen molar-refractivity contribution in [3.05, 3.63) is 36.0 Å². The van der Waals surface area contributed by atoms with Crippen LogP contribution >= 0.6 is 0 Å². The van der Waals surface area contributed by atoms with Crippen molar-refractivity contribution in [2.24, 2.45) is 11.3 Å². The molecule has 188 valence electrons. The number of rotatable bonds is 8. The lowest BCUT2D eigenvalue weighted by Gasteiger charge is -2.53. The molecule has 0 radical (unpaired) electrons. The summed E-state index contributed by atoms with van der Waals surface area (Å²) in [5.41, 5.74) is 0.658. The zero-order valence-electron chi connectivity index (χ0n) is 20.3. The van der Waals surface area contributed by atoms with Crippen LogP contribution < -0.4 is 9.64 Å². The zero-order valence-corrected chi connectivity index (χ0v) is 20.3. The summed E-state index contributed by atoms with van der Waals surface area (Å²) in [6.07, 6.45) is 7.35. The van der Waals surface area contributed by atoms with E-state index in [1.807, 2.05) is 31.2 Å². The van der Waals surface area contributed by atoms with Crippen molar-refractivity contribution in [3.63, 3.8) is 0 Å². The second-order valence-electron chi connectivity index (χ2n) is 11.3. The van der Waals surface area contributed by atoms with E-state index in [4.69, 9.17) is 14.2 Å². The third-order valence-corrected chi connectivity index (χ3v) is 8.88. The van der Waals surface area contributed by atoms with Crippen LogP contribution in [0.2, 0.25) is 0 Å². The van der Waals surface area contributed by atoms with Gasteiger partial charge in [0.2, 0.25) is 17.7 Å². The van der Waals surface area contributed by atoms with Gasteiger partial charge in [-0.25, -0.2) is 8.78 Å². The SMILES string of the molecule is CCOc1cccc(N(CC23CCC(c4nc(C5CC5)no4)(CC2)CC3)C(=O)C2CC(F)(F)C2)c1. The highest BCUT2D eigenvalue weighted by molar-refractivity contribution is 5.96. The third kappa shape index (κ3) is 4.23. The molecule has 5 aliphatic carbocycles. The molecule has 1 amide bonds. The summed E-state index contributed by atoms with van der Waals surface area (Å²) >= 11 is 0. The Balaban J connectivity index is 1.22. The zero-order chi connectivity index (χ0) is 24.3. The summed E-state index contributed by atoms with van der Waals surface area (Å²) in [6.45, 7) is 2.99. The first-order valence-corrected chi connectivity index (χ1v) is 13.1. The van der Waals surface area contributed by atoms with Crippen molar-refractivity contribution in [1.29, 1.82) is 0 Å². The van der Waals surface area contributed by atoms with Crippen molar-refractivity contribution in [3.8, 4) is 5.75 Å². The van der Waals surface area contributed by atoms with Gasteiger partial charge in [0.25, 0.3) is 0 Å². The molecule has 1 aromatic carbocycles. The minimum absolute atomic E-state index is 0.0232. The fourth-order valence-electron chi connectivity index (χ4n) is 6.37. The van der Waals surface area contributed by atoms with Crippen LogP contribution in [0.3, 0.4) is 0 Å². The van der Waals surface area contributed by atoms with Gasteiger partial charge in [-0.2, -0.15) is 4.98 Å². The highest BCUT2D eigenvalue weighted by atomic mass is 19.3. The maximum atomic E-state index is 13.6. The summed E-state index contributed by atoms with van der Waals surface area (Å²) in [5.74, 6) is -0.720. The number of anilines is 1. The van der Waals surface area contributed by atoms with Gasteiger partial charge in [-0.3, -0.25) is 4.79 Å². The van der Waals surface area contributed by atoms with Gasteiger partial charge in [0, 0.05) is 48.4 Å². The molecule has 2 bridgehead atoms. The number of halogens is 2. The summed E-state index contributed by atoms with van der Waals surface area (Å²) < 4.78 is 38.7. The van der Waals surface area contributed by atoms with Crippen molar-refractivity contribution >= 4 is 11.6 Å². The van der Waals surface area contributed by atoms with Crippen LogP contribution in [0.15, 0.2) is 28.8 Å². The molecule has 0 aliphatic heterocycles. The maximum Gasteiger partial charge on any atom is 0.249 e. The van der Waals surface area contributed by atoms with Crippen LogP contribution in [-0.4, -0.2) is 35.1 Å². The van der Waals surface area contributed by atoms with Crippen LogP contribution in [0.25, 0.3) is 0 Å². The first kappa shape index (κ1) is 22.9. The number of hydrogen-bond donors (Lipinski definition) is 0. The van der Waals surface area contributed by atoms with Crippen LogP contribution in [0.5, 0.6) is 5.75 Å². The topological polar surface area (TPSA) is 68.5 Å². The molecule has 8 heteroatoms. The van der Waals surface area contributed by atoms with Crippen molar-refractivity contribution in [2.45, 2.75) is 88.4 Å². The van der Waals surface area contributed by atoms with E-state index in [9.17, 15) is 13.6 Å². The third-order valence-electron chi connectivity index (χ3n) is 8.88. The molecule has 0 N–H and O–H groups in total. The van der Waals surface area contributed by atoms with E-state index in [-0.39, 0.29) is 29.6 Å². The number of carbonyl (C=O) groups excluding carboxylic acids is 1. The standard InChI is InChI=1S/C27H33F2N3O3/c1-2-34-21-5-3-4-20(14-21)32(23(33)19-15-27(28,29)16-19)17-25-8-11-26(12-9-25,13-10-25)24-30-22(31-35-24)18-6-7-18/h3-5,14,18-19H,2,6-13,15-17H2,1H3. The van der Waals surface area contributed by atoms with Gasteiger partial charge >= 0.3 is 0 Å². The van der Waals surface area contributed by atoms with E-state index >= 15 is 0 Å². The number of carbonyl (C=O) groups is 1. The fraction of sp³-hybridized carbons (Fsp3) is 0.667. The van der Waals surface area contributed by atoms with Gasteiger partial charge < -0.3 is 14.2 Å². The summed E-state index contributed by atoms with van der Waals surface area (Å²) in [4.78, 5) is 20.1. The lowest BCUT2D eigenvalue weighted by atomic mass is 9.53. The molecule has 1 aromatic heterocycles. The van der Waals surface area contributed by atoms with Crippen LogP contribution in [-0.2, 0) is 10.2 Å². The molecule has 5 aliphatic rings. The van der Waals surface area contributed by atoms with Gasteiger partial charge in [-0.15, -0.1) is 0 Å². The molecule has 1 heterocycles. The molecule has 7 rings (SSSR count). The molecule has 0 spiro atoms. The quantitative estimate of drug-likeness (QED) is 0.458. The predicted octanol–water partition coefficient (Wildman–Crippen LogP) is 6.02. The van der Waals surface area contributed by atoms with E-state index in [0.29, 0.717) is 24.8 Å². The van der Waals surface area contributed by atoms with Crippen molar-refractivity contribution < 1.29 is 22.8 Å². The molecular weight excluding hydrogens is 452 g/mol. The summed E-state index contributed by atoms with van der Waals surface area (Å²) in [7, 11) is 0. The highest BCUT2D eigenvalue weighted by Gasteiger charge is 2.55. The number of fused-ring (bicyclic) bond motifs is 3. The molecule has 5 fully saturated rings. The Morgan fingerprint density at radius 1 is 1.14 bits per heavy atom. The monoisotopic (exact) mass is 485 g/mol. The second kappa shape index (κ2) is 8.27. The van der Waals surface area contributed by atoms with E-state index in [0.717, 1.165) is 68.8 Å². The first-order chi connectivity index (χ1) is 16.8. The number of alkyl halides is 2. The number of nitrogens with zero attached hydrogens (tertiary/aromatic N) is 3. The lowest BCUT2D eigenvalue weighted by molar-refractivity contribution is -0.148. The molecule has 6 nitrogen and oxygen atoms in total. The lowest BCUT2D eigenvalue weighted by Crippen LogP contribution is -2.53. The molecule has 0 unspecified atom stereocenters. The Morgan fingerprint density at radius 3 is 2.49 bits per heavy atom. The fourth-order valence-corrected chi connectivity index (χ4v) is 6.37. The van der Waals surface area contributed by atoms with E-state index in [1.54, 1.807) is 4.90 Å². The Bertz CT molecular complexity index is 1080. The molecular formula is C27H33F2N3O3. The number of aromatic nitrogens is 2. The van der Waals surface area contributed by atoms with Crippen LogP contribution in [0.1, 0.15) is 88.8 Å². The average molecular weight is 486 g/mol. The second-order valence-corrected chi connectivity index (χ2v) is 11.3. The largest absolute Gasteiger partial charge is 0.494 e. The minimum atomic E-state index is -2.73. The number of hydrogen-bond acceptors (Lipinski definition) is 5. The van der Waals surface area contributed by atoms with Crippen LogP contribution in [0.4, 0.5) is 14.5 Å². The Morgan fingerprint density at radius 2 is 1.86 bits per heavy atom. The number of amides is 1. The molecule has 5 saturated carbocycles. The molecule has 0 saturated heterocycles. The van der Waals surface area contributed by atoms with E-state index in [1.165, 1.54) is 0 Å². The van der Waals surface area contributed by atoms with Crippen molar-refractivity contribution in [1.82, 2.24) is 10.1 Å². The normalized spacial score (nSPS) is 29.6. The summed E-state index contributed by atoms with van der Waals surface area (Å²) in [5, 5.41) is 4.25. The Kier molecular flexibility index (Phi) is 5.42. The molecule has 35 heavy (non-hydrogen) atoms. The van der Waals surface area contributed by atoms with Gasteiger partial charge in [-0.05, 0) is 75.8 Å². The maximum absolute atomic E-state index is 13.6. The number of ether oxygens (including phenoxy) is 1. The molecule has 0 atom stereocenters. The predicted molar refractivity (Wildman–Crippen MR) is 126 cm³/mol. The van der Waals surface area contributed by atoms with E-state index < -0.39 is 11.8 Å². The van der Waals surface area contributed by atoms with Crippen LogP contribution in [0, 0.1) is 11.3 Å². The smallest absolute Gasteiger partial charge is 0.249 e. The first-order valence-electron chi connectivity index (χ1n) is 13.1.